The molecule has 0 spiro atoms. The quantitative estimate of drug-likeness (QED) is 0.623. The molecule has 2 aromatic rings. The van der Waals surface area contributed by atoms with Crippen LogP contribution in [0.5, 0.6) is 0 Å². The van der Waals surface area contributed by atoms with E-state index in [9.17, 15) is 0 Å². The average molecular weight is 298 g/mol. The predicted molar refractivity (Wildman–Crippen MR) is 92.1 cm³/mol. The van der Waals surface area contributed by atoms with Crippen LogP contribution in [0.4, 0.5) is 0 Å². The van der Waals surface area contributed by atoms with Crippen molar-refractivity contribution in [2.24, 2.45) is 0 Å². The lowest BCUT2D eigenvalue weighted by molar-refractivity contribution is 0.0124. The zero-order valence-electron chi connectivity index (χ0n) is 13.6. The van der Waals surface area contributed by atoms with Gasteiger partial charge in [-0.3, -0.25) is 0 Å². The largest absolute Gasteiger partial charge is 0.379 e. The van der Waals surface area contributed by atoms with E-state index in [1.807, 2.05) is 6.92 Å². The molecule has 0 aliphatic rings. The highest BCUT2D eigenvalue weighted by atomic mass is 16.5. The second-order valence-corrected chi connectivity index (χ2v) is 5.44. The summed E-state index contributed by atoms with van der Waals surface area (Å²) in [4.78, 5) is 0. The van der Waals surface area contributed by atoms with Crippen LogP contribution >= 0.6 is 0 Å². The minimum Gasteiger partial charge on any atom is -0.379 e. The fourth-order valence-corrected chi connectivity index (χ4v) is 2.53. The van der Waals surface area contributed by atoms with Crippen LogP contribution in [0.1, 0.15) is 25.8 Å². The molecule has 0 aromatic heterocycles. The molecule has 0 heterocycles. The van der Waals surface area contributed by atoms with Gasteiger partial charge in [-0.1, -0.05) is 54.6 Å². The smallest absolute Gasteiger partial charge is 0.0704 e. The molecule has 0 saturated heterocycles. The SMILES string of the molecule is CCOCCOC(C)CCc1ccccc1-c1ccccc1. The Morgan fingerprint density at radius 2 is 1.64 bits per heavy atom. The van der Waals surface area contributed by atoms with Crippen molar-refractivity contribution in [3.63, 3.8) is 0 Å². The van der Waals surface area contributed by atoms with Crippen LogP contribution in [-0.4, -0.2) is 25.9 Å². The first-order valence-corrected chi connectivity index (χ1v) is 8.14. The van der Waals surface area contributed by atoms with Crippen LogP contribution in [0, 0.1) is 0 Å². The number of ether oxygens (including phenoxy) is 2. The van der Waals surface area contributed by atoms with Crippen molar-refractivity contribution in [2.45, 2.75) is 32.8 Å². The molecule has 0 radical (unpaired) electrons. The van der Waals surface area contributed by atoms with Crippen molar-refractivity contribution in [1.82, 2.24) is 0 Å². The van der Waals surface area contributed by atoms with Gasteiger partial charge in [0.15, 0.2) is 0 Å². The Morgan fingerprint density at radius 3 is 2.41 bits per heavy atom. The zero-order chi connectivity index (χ0) is 15.6. The van der Waals surface area contributed by atoms with E-state index in [2.05, 4.69) is 61.5 Å². The molecule has 0 saturated carbocycles. The van der Waals surface area contributed by atoms with Crippen LogP contribution in [-0.2, 0) is 15.9 Å². The Balaban J connectivity index is 1.91. The molecule has 0 aliphatic carbocycles. The third kappa shape index (κ3) is 5.28. The highest BCUT2D eigenvalue weighted by Gasteiger charge is 2.07. The monoisotopic (exact) mass is 298 g/mol. The van der Waals surface area contributed by atoms with E-state index in [-0.39, 0.29) is 6.10 Å². The predicted octanol–water partition coefficient (Wildman–Crippen LogP) is 4.73. The highest BCUT2D eigenvalue weighted by Crippen LogP contribution is 2.24. The second-order valence-electron chi connectivity index (χ2n) is 5.44. The Labute approximate surface area is 134 Å². The first kappa shape index (κ1) is 16.7. The fourth-order valence-electron chi connectivity index (χ4n) is 2.53. The Morgan fingerprint density at radius 1 is 0.909 bits per heavy atom. The Kier molecular flexibility index (Phi) is 7.14. The van der Waals surface area contributed by atoms with E-state index < -0.39 is 0 Å². The van der Waals surface area contributed by atoms with Gasteiger partial charge in [0.25, 0.3) is 0 Å². The zero-order valence-corrected chi connectivity index (χ0v) is 13.6. The first-order chi connectivity index (χ1) is 10.8. The maximum atomic E-state index is 5.79. The van der Waals surface area contributed by atoms with E-state index in [1.54, 1.807) is 0 Å². The van der Waals surface area contributed by atoms with Crippen molar-refractivity contribution < 1.29 is 9.47 Å². The molecular formula is C20H26O2. The van der Waals surface area contributed by atoms with Crippen molar-refractivity contribution >= 4 is 0 Å². The topological polar surface area (TPSA) is 18.5 Å². The van der Waals surface area contributed by atoms with Crippen molar-refractivity contribution in [3.05, 3.63) is 60.2 Å². The van der Waals surface area contributed by atoms with Gasteiger partial charge in [-0.25, -0.2) is 0 Å². The molecule has 22 heavy (non-hydrogen) atoms. The van der Waals surface area contributed by atoms with Crippen molar-refractivity contribution in [2.75, 3.05) is 19.8 Å². The summed E-state index contributed by atoms with van der Waals surface area (Å²) in [5.41, 5.74) is 3.99. The number of hydrogen-bond acceptors (Lipinski definition) is 2. The normalized spacial score (nSPS) is 12.3. The summed E-state index contributed by atoms with van der Waals surface area (Å²) in [6.45, 7) is 6.25. The van der Waals surface area contributed by atoms with Crippen LogP contribution < -0.4 is 0 Å². The molecule has 0 bridgehead atoms. The lowest BCUT2D eigenvalue weighted by Crippen LogP contribution is -2.14. The van der Waals surface area contributed by atoms with E-state index in [0.717, 1.165) is 19.4 Å². The summed E-state index contributed by atoms with van der Waals surface area (Å²) in [6.07, 6.45) is 2.31. The Bertz CT molecular complexity index is 536. The third-order valence-corrected chi connectivity index (χ3v) is 3.76. The number of benzene rings is 2. The molecule has 1 atom stereocenters. The van der Waals surface area contributed by atoms with Crippen LogP contribution in [0.15, 0.2) is 54.6 Å². The molecule has 118 valence electrons. The highest BCUT2D eigenvalue weighted by molar-refractivity contribution is 5.67. The second kappa shape index (κ2) is 9.39. The fraction of sp³-hybridized carbons (Fsp3) is 0.400. The number of hydrogen-bond donors (Lipinski definition) is 0. The standard InChI is InChI=1S/C20H26O2/c1-3-21-15-16-22-17(2)13-14-19-11-7-8-12-20(19)18-9-5-4-6-10-18/h4-12,17H,3,13-16H2,1-2H3. The summed E-state index contributed by atoms with van der Waals surface area (Å²) in [7, 11) is 0. The van der Waals surface area contributed by atoms with E-state index in [4.69, 9.17) is 9.47 Å². The summed E-state index contributed by atoms with van der Waals surface area (Å²) < 4.78 is 11.1. The van der Waals surface area contributed by atoms with Crippen molar-refractivity contribution in [1.29, 1.82) is 0 Å². The first-order valence-electron chi connectivity index (χ1n) is 8.14. The molecule has 2 aromatic carbocycles. The molecule has 0 N–H and O–H groups in total. The molecule has 0 aliphatic heterocycles. The van der Waals surface area contributed by atoms with E-state index >= 15 is 0 Å². The maximum Gasteiger partial charge on any atom is 0.0704 e. The summed E-state index contributed by atoms with van der Waals surface area (Å²) in [5, 5.41) is 0. The van der Waals surface area contributed by atoms with Crippen molar-refractivity contribution in [3.8, 4) is 11.1 Å². The maximum absolute atomic E-state index is 5.79. The molecule has 2 nitrogen and oxygen atoms in total. The van der Waals surface area contributed by atoms with Gasteiger partial charge in [-0.15, -0.1) is 0 Å². The lowest BCUT2D eigenvalue weighted by atomic mass is 9.96. The molecule has 2 rings (SSSR count). The number of rotatable bonds is 9. The third-order valence-electron chi connectivity index (χ3n) is 3.76. The Hall–Kier alpha value is -1.64. The lowest BCUT2D eigenvalue weighted by Gasteiger charge is -2.15. The summed E-state index contributed by atoms with van der Waals surface area (Å²) >= 11 is 0. The van der Waals surface area contributed by atoms with Crippen LogP contribution in [0.3, 0.4) is 0 Å². The van der Waals surface area contributed by atoms with Gasteiger partial charge in [0, 0.05) is 6.61 Å². The average Bonchev–Trinajstić information content (AvgIpc) is 2.58. The van der Waals surface area contributed by atoms with Gasteiger partial charge in [0.1, 0.15) is 0 Å². The van der Waals surface area contributed by atoms with Gasteiger partial charge in [-0.05, 0) is 43.4 Å². The van der Waals surface area contributed by atoms with Gasteiger partial charge in [0.2, 0.25) is 0 Å². The van der Waals surface area contributed by atoms with Crippen LogP contribution in [0.25, 0.3) is 11.1 Å². The molecule has 0 amide bonds. The van der Waals surface area contributed by atoms with Gasteiger partial charge < -0.3 is 9.47 Å². The number of aryl methyl sites for hydroxylation is 1. The summed E-state index contributed by atoms with van der Waals surface area (Å²) in [6, 6.07) is 19.2. The minimum atomic E-state index is 0.254. The van der Waals surface area contributed by atoms with Crippen LogP contribution in [0.2, 0.25) is 0 Å². The molecule has 1 unspecified atom stereocenters. The minimum absolute atomic E-state index is 0.254. The van der Waals surface area contributed by atoms with Gasteiger partial charge in [-0.2, -0.15) is 0 Å². The summed E-state index contributed by atoms with van der Waals surface area (Å²) in [5.74, 6) is 0. The van der Waals surface area contributed by atoms with E-state index in [0.29, 0.717) is 13.2 Å². The molecule has 0 fully saturated rings. The molecular weight excluding hydrogens is 272 g/mol. The van der Waals surface area contributed by atoms with E-state index in [1.165, 1.54) is 16.7 Å². The van der Waals surface area contributed by atoms with Gasteiger partial charge in [0.05, 0.1) is 19.3 Å². The molecule has 2 heteroatoms. The van der Waals surface area contributed by atoms with Gasteiger partial charge >= 0.3 is 0 Å².